The lowest BCUT2D eigenvalue weighted by atomic mass is 10.1. The molecule has 1 heterocycles. The highest BCUT2D eigenvalue weighted by Gasteiger charge is 2.17. The molecule has 3 rings (SSSR count). The molecule has 1 N–H and O–H groups in total. The van der Waals surface area contributed by atoms with Gasteiger partial charge in [-0.3, -0.25) is 0 Å². The van der Waals surface area contributed by atoms with Gasteiger partial charge in [-0.2, -0.15) is 0 Å². The zero-order valence-corrected chi connectivity index (χ0v) is 15.1. The lowest BCUT2D eigenvalue weighted by Crippen LogP contribution is -2.11. The number of furan rings is 1. The number of nitrogens with zero attached hydrogens (tertiary/aromatic N) is 2. The number of oxime groups is 1. The molecule has 128 valence electrons. The topological polar surface area (TPSA) is 49.0 Å². The molecule has 0 saturated heterocycles. The summed E-state index contributed by atoms with van der Waals surface area (Å²) in [6.07, 6.45) is 0. The minimum Gasteiger partial charge on any atom is -0.460 e. The van der Waals surface area contributed by atoms with Gasteiger partial charge in [0.1, 0.15) is 5.76 Å². The first-order valence-electron chi connectivity index (χ1n) is 7.89. The van der Waals surface area contributed by atoms with Crippen molar-refractivity contribution < 1.29 is 9.62 Å². The van der Waals surface area contributed by atoms with Gasteiger partial charge >= 0.3 is 0 Å². The molecule has 0 aliphatic carbocycles. The number of halogens is 1. The number of anilines is 2. The third-order valence-electron chi connectivity index (χ3n) is 4.15. The van der Waals surface area contributed by atoms with Crippen LogP contribution >= 0.6 is 11.6 Å². The smallest absolute Gasteiger partial charge is 0.156 e. The molecule has 0 aliphatic heterocycles. The fourth-order valence-corrected chi connectivity index (χ4v) is 3.05. The van der Waals surface area contributed by atoms with E-state index < -0.39 is 0 Å². The van der Waals surface area contributed by atoms with Crippen molar-refractivity contribution in [1.29, 1.82) is 0 Å². The van der Waals surface area contributed by atoms with Gasteiger partial charge in [0.05, 0.1) is 5.02 Å². The maximum atomic E-state index is 9.42. The second-order valence-electron chi connectivity index (χ2n) is 5.87. The van der Waals surface area contributed by atoms with Crippen molar-refractivity contribution >= 4 is 28.7 Å². The molecule has 0 amide bonds. The summed E-state index contributed by atoms with van der Waals surface area (Å²) in [6.45, 7) is 3.90. The highest BCUT2D eigenvalue weighted by molar-refractivity contribution is 6.35. The van der Waals surface area contributed by atoms with Gasteiger partial charge in [-0.15, -0.1) is 0 Å². The standard InChI is InChI=1S/C20H19ClN2O2/c1-13-6-4-5-7-18(13)23(3)15-9-10-16(17(21)12-15)20(22-24)19-11-8-14(2)25-19/h4-12,24H,1-3H3/b22-20+. The molecular formula is C20H19ClN2O2. The summed E-state index contributed by atoms with van der Waals surface area (Å²) in [6, 6.07) is 17.3. The molecule has 0 radical (unpaired) electrons. The normalized spacial score (nSPS) is 11.6. The van der Waals surface area contributed by atoms with Gasteiger partial charge in [0, 0.05) is 24.0 Å². The number of hydrogen-bond acceptors (Lipinski definition) is 4. The van der Waals surface area contributed by atoms with Crippen LogP contribution < -0.4 is 4.90 Å². The van der Waals surface area contributed by atoms with Crippen LogP contribution in [0.4, 0.5) is 11.4 Å². The second-order valence-corrected chi connectivity index (χ2v) is 6.28. The first-order valence-corrected chi connectivity index (χ1v) is 8.27. The second kappa shape index (κ2) is 7.03. The predicted molar refractivity (Wildman–Crippen MR) is 102 cm³/mol. The van der Waals surface area contributed by atoms with E-state index in [1.165, 1.54) is 5.56 Å². The van der Waals surface area contributed by atoms with E-state index in [1.54, 1.807) is 6.07 Å². The molecule has 0 atom stereocenters. The quantitative estimate of drug-likeness (QED) is 0.380. The van der Waals surface area contributed by atoms with E-state index in [2.05, 4.69) is 29.1 Å². The molecule has 1 aromatic heterocycles. The summed E-state index contributed by atoms with van der Waals surface area (Å²) in [4.78, 5) is 2.07. The molecule has 0 bridgehead atoms. The Labute approximate surface area is 152 Å². The van der Waals surface area contributed by atoms with Crippen molar-refractivity contribution in [3.63, 3.8) is 0 Å². The van der Waals surface area contributed by atoms with Crippen LogP contribution in [0.2, 0.25) is 5.02 Å². The fraction of sp³-hybridized carbons (Fsp3) is 0.150. The van der Waals surface area contributed by atoms with E-state index in [1.807, 2.05) is 50.4 Å². The molecule has 0 spiro atoms. The van der Waals surface area contributed by atoms with Crippen molar-refractivity contribution in [2.24, 2.45) is 5.16 Å². The van der Waals surface area contributed by atoms with Crippen molar-refractivity contribution in [2.45, 2.75) is 13.8 Å². The van der Waals surface area contributed by atoms with Crippen LogP contribution in [0.15, 0.2) is 64.2 Å². The average molecular weight is 355 g/mol. The van der Waals surface area contributed by atoms with Gasteiger partial charge in [0.15, 0.2) is 11.5 Å². The molecule has 3 aromatic rings. The Morgan fingerprint density at radius 2 is 1.84 bits per heavy atom. The van der Waals surface area contributed by atoms with Gasteiger partial charge in [-0.1, -0.05) is 35.0 Å². The van der Waals surface area contributed by atoms with Crippen LogP contribution in [0.1, 0.15) is 22.6 Å². The molecule has 5 heteroatoms. The Bertz CT molecular complexity index is 931. The first-order chi connectivity index (χ1) is 12.0. The summed E-state index contributed by atoms with van der Waals surface area (Å²) in [5.74, 6) is 1.21. The molecule has 25 heavy (non-hydrogen) atoms. The molecular weight excluding hydrogens is 336 g/mol. The minimum atomic E-state index is 0.309. The van der Waals surface area contributed by atoms with Crippen molar-refractivity contribution in [3.05, 3.63) is 82.3 Å². The number of benzene rings is 2. The van der Waals surface area contributed by atoms with Crippen LogP contribution in [0, 0.1) is 13.8 Å². The van der Waals surface area contributed by atoms with Gasteiger partial charge in [0.2, 0.25) is 0 Å². The Kier molecular flexibility index (Phi) is 4.81. The summed E-state index contributed by atoms with van der Waals surface area (Å²) < 4.78 is 5.55. The third-order valence-corrected chi connectivity index (χ3v) is 4.46. The van der Waals surface area contributed by atoms with Crippen molar-refractivity contribution in [1.82, 2.24) is 0 Å². The Balaban J connectivity index is 1.97. The van der Waals surface area contributed by atoms with E-state index in [-0.39, 0.29) is 0 Å². The highest BCUT2D eigenvalue weighted by atomic mass is 35.5. The van der Waals surface area contributed by atoms with Gasteiger partial charge in [0.25, 0.3) is 0 Å². The summed E-state index contributed by atoms with van der Waals surface area (Å²) in [5, 5.41) is 13.3. The maximum Gasteiger partial charge on any atom is 0.156 e. The van der Waals surface area contributed by atoms with E-state index in [4.69, 9.17) is 16.0 Å². The summed E-state index contributed by atoms with van der Waals surface area (Å²) >= 11 is 6.47. The van der Waals surface area contributed by atoms with Crippen LogP contribution in [-0.4, -0.2) is 18.0 Å². The molecule has 0 aliphatic rings. The lowest BCUT2D eigenvalue weighted by Gasteiger charge is -2.22. The van der Waals surface area contributed by atoms with Crippen LogP contribution in [-0.2, 0) is 0 Å². The number of aryl methyl sites for hydroxylation is 2. The molecule has 0 fully saturated rings. The minimum absolute atomic E-state index is 0.309. The summed E-state index contributed by atoms with van der Waals surface area (Å²) in [5.41, 5.74) is 4.14. The predicted octanol–water partition coefficient (Wildman–Crippen LogP) is 5.54. The zero-order valence-electron chi connectivity index (χ0n) is 14.3. The lowest BCUT2D eigenvalue weighted by molar-refractivity contribution is 0.318. The number of hydrogen-bond donors (Lipinski definition) is 1. The van der Waals surface area contributed by atoms with Crippen molar-refractivity contribution in [3.8, 4) is 0 Å². The molecule has 0 saturated carbocycles. The zero-order chi connectivity index (χ0) is 18.0. The van der Waals surface area contributed by atoms with Crippen LogP contribution in [0.5, 0.6) is 0 Å². The van der Waals surface area contributed by atoms with Crippen LogP contribution in [0.3, 0.4) is 0 Å². The Hall–Kier alpha value is -2.72. The van der Waals surface area contributed by atoms with Crippen molar-refractivity contribution in [2.75, 3.05) is 11.9 Å². The van der Waals surface area contributed by atoms with Crippen LogP contribution in [0.25, 0.3) is 0 Å². The Morgan fingerprint density at radius 3 is 2.44 bits per heavy atom. The van der Waals surface area contributed by atoms with E-state index in [0.717, 1.165) is 17.1 Å². The molecule has 4 nitrogen and oxygen atoms in total. The number of rotatable bonds is 4. The van der Waals surface area contributed by atoms with Gasteiger partial charge < -0.3 is 14.5 Å². The largest absolute Gasteiger partial charge is 0.460 e. The third kappa shape index (κ3) is 3.39. The van der Waals surface area contributed by atoms with E-state index in [0.29, 0.717) is 22.1 Å². The number of para-hydroxylation sites is 1. The highest BCUT2D eigenvalue weighted by Crippen LogP contribution is 2.31. The van der Waals surface area contributed by atoms with E-state index in [9.17, 15) is 5.21 Å². The summed E-state index contributed by atoms with van der Waals surface area (Å²) in [7, 11) is 1.99. The SMILES string of the molecule is Cc1ccc(/C(=N/O)c2ccc(N(C)c3ccccc3C)cc2Cl)o1. The first kappa shape index (κ1) is 17.1. The van der Waals surface area contributed by atoms with Gasteiger partial charge in [-0.05, 0) is 55.8 Å². The maximum absolute atomic E-state index is 9.42. The monoisotopic (exact) mass is 354 g/mol. The molecule has 0 unspecified atom stereocenters. The molecule has 2 aromatic carbocycles. The van der Waals surface area contributed by atoms with Gasteiger partial charge in [-0.25, -0.2) is 0 Å². The average Bonchev–Trinajstić information content (AvgIpc) is 3.03. The fourth-order valence-electron chi connectivity index (χ4n) is 2.78. The Morgan fingerprint density at radius 1 is 1.08 bits per heavy atom. The van der Waals surface area contributed by atoms with E-state index >= 15 is 0 Å².